The zero-order chi connectivity index (χ0) is 13.9. The molecular formula is C16H25NO2. The minimum absolute atomic E-state index is 0.102. The van der Waals surface area contributed by atoms with E-state index >= 15 is 0 Å². The van der Waals surface area contributed by atoms with Gasteiger partial charge in [-0.25, -0.2) is 0 Å². The van der Waals surface area contributed by atoms with Gasteiger partial charge in [-0.3, -0.25) is 10.1 Å². The fraction of sp³-hybridized carbons (Fsp3) is 0.625. The van der Waals surface area contributed by atoms with Gasteiger partial charge in [0.25, 0.3) is 0 Å². The largest absolute Gasteiger partial charge is 0.265 e. The number of unbranched alkanes of at least 4 members (excludes halogenated alkanes) is 3. The Morgan fingerprint density at radius 2 is 1.84 bits per heavy atom. The Morgan fingerprint density at radius 3 is 2.47 bits per heavy atom. The first-order chi connectivity index (χ1) is 9.22. The molecule has 1 aromatic rings. The van der Waals surface area contributed by atoms with Crippen LogP contribution in [0.3, 0.4) is 0 Å². The molecule has 1 rings (SSSR count). The van der Waals surface area contributed by atoms with Crippen LogP contribution in [0.2, 0.25) is 0 Å². The minimum Gasteiger partial charge on any atom is -0.265 e. The van der Waals surface area contributed by atoms with Crippen LogP contribution in [-0.2, 0) is 6.42 Å². The summed E-state index contributed by atoms with van der Waals surface area (Å²) in [6, 6.07) is 10.3. The van der Waals surface area contributed by atoms with Gasteiger partial charge in [-0.15, -0.1) is 0 Å². The summed E-state index contributed by atoms with van der Waals surface area (Å²) >= 11 is 0. The van der Waals surface area contributed by atoms with Gasteiger partial charge in [0.05, 0.1) is 0 Å². The van der Waals surface area contributed by atoms with Crippen molar-refractivity contribution in [2.75, 3.05) is 6.54 Å². The van der Waals surface area contributed by atoms with Crippen molar-refractivity contribution >= 4 is 0 Å². The summed E-state index contributed by atoms with van der Waals surface area (Å²) in [6.45, 7) is 2.31. The highest BCUT2D eigenvalue weighted by molar-refractivity contribution is 5.15. The first-order valence-corrected chi connectivity index (χ1v) is 7.38. The van der Waals surface area contributed by atoms with Crippen molar-refractivity contribution in [3.8, 4) is 0 Å². The fourth-order valence-electron chi connectivity index (χ4n) is 2.44. The van der Waals surface area contributed by atoms with E-state index in [9.17, 15) is 10.1 Å². The highest BCUT2D eigenvalue weighted by atomic mass is 16.6. The molecule has 3 heteroatoms. The van der Waals surface area contributed by atoms with Crippen LogP contribution < -0.4 is 0 Å². The molecule has 0 spiro atoms. The molecule has 1 aromatic carbocycles. The van der Waals surface area contributed by atoms with E-state index in [0.29, 0.717) is 12.3 Å². The molecule has 0 radical (unpaired) electrons. The Labute approximate surface area is 116 Å². The van der Waals surface area contributed by atoms with Crippen LogP contribution in [0.4, 0.5) is 0 Å². The van der Waals surface area contributed by atoms with Crippen molar-refractivity contribution in [1.82, 2.24) is 0 Å². The second-order valence-corrected chi connectivity index (χ2v) is 5.25. The zero-order valence-corrected chi connectivity index (χ0v) is 11.9. The SMILES string of the molecule is CCCCCCC(CC[N+](=O)[O-])Cc1ccccc1. The van der Waals surface area contributed by atoms with E-state index in [-0.39, 0.29) is 11.5 Å². The molecule has 106 valence electrons. The molecule has 3 nitrogen and oxygen atoms in total. The number of nitrogens with zero attached hydrogens (tertiary/aromatic N) is 1. The predicted molar refractivity (Wildman–Crippen MR) is 78.9 cm³/mol. The van der Waals surface area contributed by atoms with Gasteiger partial charge in [-0.2, -0.15) is 0 Å². The van der Waals surface area contributed by atoms with Crippen LogP contribution in [0.5, 0.6) is 0 Å². The molecule has 0 fully saturated rings. The van der Waals surface area contributed by atoms with E-state index in [4.69, 9.17) is 0 Å². The summed E-state index contributed by atoms with van der Waals surface area (Å²) in [5.41, 5.74) is 1.30. The standard InChI is InChI=1S/C16H25NO2/c1-2-3-4-6-11-16(12-13-17(18)19)14-15-9-7-5-8-10-15/h5,7-10,16H,2-4,6,11-14H2,1H3. The second-order valence-electron chi connectivity index (χ2n) is 5.25. The Kier molecular flexibility index (Phi) is 7.87. The summed E-state index contributed by atoms with van der Waals surface area (Å²) < 4.78 is 0. The molecule has 0 heterocycles. The highest BCUT2D eigenvalue weighted by Gasteiger charge is 2.12. The Hall–Kier alpha value is -1.38. The van der Waals surface area contributed by atoms with E-state index in [1.54, 1.807) is 0 Å². The highest BCUT2D eigenvalue weighted by Crippen LogP contribution is 2.19. The minimum atomic E-state index is -0.190. The molecule has 0 amide bonds. The van der Waals surface area contributed by atoms with Crippen LogP contribution in [0.15, 0.2) is 30.3 Å². The molecule has 0 saturated heterocycles. The van der Waals surface area contributed by atoms with E-state index < -0.39 is 0 Å². The summed E-state index contributed by atoms with van der Waals surface area (Å²) in [5, 5.41) is 10.5. The van der Waals surface area contributed by atoms with Crippen molar-refractivity contribution in [3.63, 3.8) is 0 Å². The third-order valence-electron chi connectivity index (χ3n) is 3.55. The smallest absolute Gasteiger partial charge is 0.204 e. The van der Waals surface area contributed by atoms with E-state index in [1.807, 2.05) is 18.2 Å². The molecule has 0 N–H and O–H groups in total. The Balaban J connectivity index is 2.41. The maximum absolute atomic E-state index is 10.5. The lowest BCUT2D eigenvalue weighted by Gasteiger charge is -2.15. The van der Waals surface area contributed by atoms with Crippen LogP contribution in [-0.4, -0.2) is 11.5 Å². The summed E-state index contributed by atoms with van der Waals surface area (Å²) in [6.07, 6.45) is 7.74. The molecular weight excluding hydrogens is 238 g/mol. The van der Waals surface area contributed by atoms with Crippen LogP contribution >= 0.6 is 0 Å². The second kappa shape index (κ2) is 9.54. The fourth-order valence-corrected chi connectivity index (χ4v) is 2.44. The molecule has 1 unspecified atom stereocenters. The molecule has 0 bridgehead atoms. The third-order valence-corrected chi connectivity index (χ3v) is 3.55. The molecule has 0 aliphatic carbocycles. The van der Waals surface area contributed by atoms with Crippen molar-refractivity contribution in [3.05, 3.63) is 46.0 Å². The topological polar surface area (TPSA) is 43.1 Å². The Morgan fingerprint density at radius 1 is 1.11 bits per heavy atom. The van der Waals surface area contributed by atoms with Gasteiger partial charge in [0, 0.05) is 11.3 Å². The molecule has 19 heavy (non-hydrogen) atoms. The van der Waals surface area contributed by atoms with Gasteiger partial charge in [-0.05, 0) is 24.3 Å². The van der Waals surface area contributed by atoms with E-state index in [2.05, 4.69) is 19.1 Å². The maximum atomic E-state index is 10.5. The van der Waals surface area contributed by atoms with Gasteiger partial charge < -0.3 is 0 Å². The van der Waals surface area contributed by atoms with Crippen LogP contribution in [0, 0.1) is 16.0 Å². The quantitative estimate of drug-likeness (QED) is 0.355. The molecule has 0 saturated carbocycles. The number of benzene rings is 1. The van der Waals surface area contributed by atoms with Gasteiger partial charge in [-0.1, -0.05) is 62.9 Å². The predicted octanol–water partition coefficient (Wildman–Crippen LogP) is 4.48. The van der Waals surface area contributed by atoms with Gasteiger partial charge in [0.1, 0.15) is 0 Å². The number of hydrogen-bond acceptors (Lipinski definition) is 2. The van der Waals surface area contributed by atoms with Crippen molar-refractivity contribution in [2.24, 2.45) is 5.92 Å². The van der Waals surface area contributed by atoms with Gasteiger partial charge in [0.15, 0.2) is 0 Å². The third kappa shape index (κ3) is 7.60. The molecule has 0 aliphatic heterocycles. The molecule has 0 aromatic heterocycles. The lowest BCUT2D eigenvalue weighted by molar-refractivity contribution is -0.481. The monoisotopic (exact) mass is 263 g/mol. The maximum Gasteiger partial charge on any atom is 0.204 e. The number of hydrogen-bond donors (Lipinski definition) is 0. The zero-order valence-electron chi connectivity index (χ0n) is 11.9. The van der Waals surface area contributed by atoms with Gasteiger partial charge >= 0.3 is 0 Å². The average molecular weight is 263 g/mol. The lowest BCUT2D eigenvalue weighted by atomic mass is 9.91. The first kappa shape index (κ1) is 15.7. The Bertz CT molecular complexity index is 351. The first-order valence-electron chi connectivity index (χ1n) is 7.38. The van der Waals surface area contributed by atoms with Crippen LogP contribution in [0.1, 0.15) is 51.0 Å². The van der Waals surface area contributed by atoms with Crippen LogP contribution in [0.25, 0.3) is 0 Å². The summed E-state index contributed by atoms with van der Waals surface area (Å²) in [7, 11) is 0. The van der Waals surface area contributed by atoms with Crippen molar-refractivity contribution in [1.29, 1.82) is 0 Å². The molecule has 0 aliphatic rings. The van der Waals surface area contributed by atoms with Crippen molar-refractivity contribution < 1.29 is 4.92 Å². The van der Waals surface area contributed by atoms with Crippen molar-refractivity contribution in [2.45, 2.75) is 51.9 Å². The average Bonchev–Trinajstić information content (AvgIpc) is 2.41. The summed E-state index contributed by atoms with van der Waals surface area (Å²) in [4.78, 5) is 10.3. The lowest BCUT2D eigenvalue weighted by Crippen LogP contribution is -2.11. The molecule has 1 atom stereocenters. The number of rotatable bonds is 10. The summed E-state index contributed by atoms with van der Waals surface area (Å²) in [5.74, 6) is 0.449. The van der Waals surface area contributed by atoms with E-state index in [1.165, 1.54) is 31.2 Å². The van der Waals surface area contributed by atoms with Gasteiger partial charge in [0.2, 0.25) is 6.54 Å². The van der Waals surface area contributed by atoms with E-state index in [0.717, 1.165) is 12.8 Å². The normalized spacial score (nSPS) is 12.3. The number of nitro groups is 1.